The van der Waals surface area contributed by atoms with Crippen LogP contribution < -0.4 is 0 Å². The van der Waals surface area contributed by atoms with Crippen molar-refractivity contribution >= 4 is 0 Å². The van der Waals surface area contributed by atoms with Crippen molar-refractivity contribution in [3.63, 3.8) is 0 Å². The van der Waals surface area contributed by atoms with Crippen LogP contribution in [0.4, 0.5) is 0 Å². The molecule has 0 saturated heterocycles. The summed E-state index contributed by atoms with van der Waals surface area (Å²) < 4.78 is 0. The fourth-order valence-electron chi connectivity index (χ4n) is 4.07. The highest BCUT2D eigenvalue weighted by Gasteiger charge is 2.31. The molecule has 0 aromatic heterocycles. The predicted molar refractivity (Wildman–Crippen MR) is 94.7 cm³/mol. The highest BCUT2D eigenvalue weighted by Crippen LogP contribution is 2.40. The van der Waals surface area contributed by atoms with E-state index in [2.05, 4.69) is 56.8 Å². The second kappa shape index (κ2) is 5.98. The Labute approximate surface area is 136 Å². The van der Waals surface area contributed by atoms with Crippen molar-refractivity contribution in [3.8, 4) is 0 Å². The molecule has 0 radical (unpaired) electrons. The van der Waals surface area contributed by atoms with Gasteiger partial charge in [0, 0.05) is 26.2 Å². The van der Waals surface area contributed by atoms with Gasteiger partial charge in [0.1, 0.15) is 0 Å². The summed E-state index contributed by atoms with van der Waals surface area (Å²) in [5.41, 5.74) is 6.78. The maximum absolute atomic E-state index is 2.68. The van der Waals surface area contributed by atoms with E-state index in [1.165, 1.54) is 37.9 Å². The molecule has 1 aliphatic heterocycles. The smallest absolute Gasteiger partial charge is 0.0237 e. The zero-order valence-electron chi connectivity index (χ0n) is 15.1. The van der Waals surface area contributed by atoms with E-state index in [4.69, 9.17) is 0 Å². The van der Waals surface area contributed by atoms with Gasteiger partial charge in [-0.05, 0) is 66.9 Å². The molecule has 0 amide bonds. The van der Waals surface area contributed by atoms with Crippen LogP contribution in [0.2, 0.25) is 0 Å². The molecule has 2 aliphatic rings. The van der Waals surface area contributed by atoms with Gasteiger partial charge in [0.2, 0.25) is 0 Å². The van der Waals surface area contributed by atoms with Crippen LogP contribution in [0, 0.1) is 0 Å². The molecule has 1 heterocycles. The third kappa shape index (κ3) is 3.23. The Morgan fingerprint density at radius 2 is 1.91 bits per heavy atom. The third-order valence-corrected chi connectivity index (χ3v) is 5.36. The second-order valence-electron chi connectivity index (χ2n) is 8.59. The van der Waals surface area contributed by atoms with Crippen molar-refractivity contribution in [2.75, 3.05) is 33.7 Å². The van der Waals surface area contributed by atoms with Crippen LogP contribution in [0.15, 0.2) is 12.1 Å². The van der Waals surface area contributed by atoms with Crippen molar-refractivity contribution in [2.45, 2.75) is 57.9 Å². The normalized spacial score (nSPS) is 22.0. The number of hydrogen-bond donors (Lipinski definition) is 0. The van der Waals surface area contributed by atoms with E-state index in [-0.39, 0.29) is 5.41 Å². The van der Waals surface area contributed by atoms with Gasteiger partial charge in [-0.15, -0.1) is 0 Å². The van der Waals surface area contributed by atoms with E-state index >= 15 is 0 Å². The molecule has 0 N–H and O–H groups in total. The lowest BCUT2D eigenvalue weighted by Gasteiger charge is -2.40. The predicted octanol–water partition coefficient (Wildman–Crippen LogP) is 3.78. The van der Waals surface area contributed by atoms with Gasteiger partial charge in [0.15, 0.2) is 0 Å². The van der Waals surface area contributed by atoms with E-state index in [0.717, 1.165) is 19.0 Å². The molecule has 0 bridgehead atoms. The Balaban J connectivity index is 1.92. The van der Waals surface area contributed by atoms with Crippen LogP contribution in [0.1, 0.15) is 61.8 Å². The quantitative estimate of drug-likeness (QED) is 0.838. The lowest BCUT2D eigenvalue weighted by molar-refractivity contribution is 0.199. The van der Waals surface area contributed by atoms with E-state index in [0.29, 0.717) is 0 Å². The molecule has 122 valence electrons. The lowest BCUT2D eigenvalue weighted by Crippen LogP contribution is -2.39. The van der Waals surface area contributed by atoms with Gasteiger partial charge < -0.3 is 4.90 Å². The first-order valence-corrected chi connectivity index (χ1v) is 8.88. The standard InChI is InChI=1S/C20H32N2/c1-20(2,3)18-11-15-7-6-8-16-13-22(10-9-21(4)5)14-17(12-18)19(15)16/h11-12,16H,6-10,13-14H2,1-5H3/t16-/m1/s1. The largest absolute Gasteiger partial charge is 0.308 e. The fraction of sp³-hybridized carbons (Fsp3) is 0.700. The van der Waals surface area contributed by atoms with Crippen molar-refractivity contribution in [3.05, 3.63) is 34.4 Å². The van der Waals surface area contributed by atoms with Gasteiger partial charge in [0.05, 0.1) is 0 Å². The maximum Gasteiger partial charge on any atom is 0.0237 e. The molecule has 2 nitrogen and oxygen atoms in total. The van der Waals surface area contributed by atoms with Gasteiger partial charge in [-0.1, -0.05) is 32.9 Å². The van der Waals surface area contributed by atoms with Crippen LogP contribution in [0.3, 0.4) is 0 Å². The Morgan fingerprint density at radius 3 is 2.59 bits per heavy atom. The van der Waals surface area contributed by atoms with Gasteiger partial charge in [0.25, 0.3) is 0 Å². The Hall–Kier alpha value is -0.860. The minimum Gasteiger partial charge on any atom is -0.308 e. The summed E-state index contributed by atoms with van der Waals surface area (Å²) in [5, 5.41) is 0. The number of benzene rings is 1. The molecule has 1 aromatic rings. The Bertz CT molecular complexity index is 539. The zero-order valence-corrected chi connectivity index (χ0v) is 15.1. The van der Waals surface area contributed by atoms with Crippen molar-refractivity contribution in [2.24, 2.45) is 0 Å². The molecule has 2 heteroatoms. The van der Waals surface area contributed by atoms with Gasteiger partial charge in [-0.2, -0.15) is 0 Å². The summed E-state index contributed by atoms with van der Waals surface area (Å²) in [5.74, 6) is 0.781. The first kappa shape index (κ1) is 16.0. The van der Waals surface area contributed by atoms with E-state index < -0.39 is 0 Å². The molecular formula is C20H32N2. The summed E-state index contributed by atoms with van der Waals surface area (Å²) in [6.07, 6.45) is 4.04. The van der Waals surface area contributed by atoms with Gasteiger partial charge in [-0.3, -0.25) is 4.90 Å². The van der Waals surface area contributed by atoms with Crippen molar-refractivity contribution < 1.29 is 0 Å². The van der Waals surface area contributed by atoms with Crippen molar-refractivity contribution in [1.29, 1.82) is 0 Å². The number of nitrogens with zero attached hydrogens (tertiary/aromatic N) is 2. The average molecular weight is 300 g/mol. The second-order valence-corrected chi connectivity index (χ2v) is 8.59. The maximum atomic E-state index is 2.68. The fourth-order valence-corrected chi connectivity index (χ4v) is 4.07. The van der Waals surface area contributed by atoms with E-state index in [9.17, 15) is 0 Å². The monoisotopic (exact) mass is 300 g/mol. The molecule has 1 aliphatic carbocycles. The molecule has 3 rings (SSSR count). The number of rotatable bonds is 3. The summed E-state index contributed by atoms with van der Waals surface area (Å²) in [6.45, 7) is 11.8. The summed E-state index contributed by atoms with van der Waals surface area (Å²) in [7, 11) is 4.35. The number of hydrogen-bond acceptors (Lipinski definition) is 2. The minimum atomic E-state index is 0.254. The molecule has 0 fully saturated rings. The zero-order chi connectivity index (χ0) is 15.9. The summed E-state index contributed by atoms with van der Waals surface area (Å²) in [4.78, 5) is 4.97. The van der Waals surface area contributed by atoms with E-state index in [1.54, 1.807) is 16.7 Å². The first-order chi connectivity index (χ1) is 10.3. The first-order valence-electron chi connectivity index (χ1n) is 8.88. The van der Waals surface area contributed by atoms with Crippen LogP contribution in [0.5, 0.6) is 0 Å². The third-order valence-electron chi connectivity index (χ3n) is 5.36. The molecule has 0 unspecified atom stereocenters. The molecule has 1 aromatic carbocycles. The molecule has 22 heavy (non-hydrogen) atoms. The SMILES string of the molecule is CN(C)CCN1Cc2cc(C(C)(C)C)cc3c2[C@H](CCC3)C1. The van der Waals surface area contributed by atoms with Crippen LogP contribution in [-0.2, 0) is 18.4 Å². The highest BCUT2D eigenvalue weighted by molar-refractivity contribution is 5.46. The molecule has 0 spiro atoms. The van der Waals surface area contributed by atoms with Gasteiger partial charge in [-0.25, -0.2) is 0 Å². The average Bonchev–Trinajstić information content (AvgIpc) is 2.44. The van der Waals surface area contributed by atoms with E-state index in [1.807, 2.05) is 0 Å². The minimum absolute atomic E-state index is 0.254. The molecular weight excluding hydrogens is 268 g/mol. The van der Waals surface area contributed by atoms with Crippen molar-refractivity contribution in [1.82, 2.24) is 9.80 Å². The number of likely N-dealkylation sites (N-methyl/N-ethyl adjacent to an activating group) is 1. The topological polar surface area (TPSA) is 6.48 Å². The Kier molecular flexibility index (Phi) is 4.35. The molecule has 1 atom stereocenters. The summed E-state index contributed by atoms with van der Waals surface area (Å²) >= 11 is 0. The summed E-state index contributed by atoms with van der Waals surface area (Å²) in [6, 6.07) is 5.03. The van der Waals surface area contributed by atoms with Crippen LogP contribution in [0.25, 0.3) is 0 Å². The lowest BCUT2D eigenvalue weighted by atomic mass is 9.74. The Morgan fingerprint density at radius 1 is 1.18 bits per heavy atom. The highest BCUT2D eigenvalue weighted by atomic mass is 15.2. The van der Waals surface area contributed by atoms with Gasteiger partial charge >= 0.3 is 0 Å². The van der Waals surface area contributed by atoms with Crippen LogP contribution in [-0.4, -0.2) is 43.5 Å². The number of aryl methyl sites for hydroxylation is 1. The van der Waals surface area contributed by atoms with Crippen LogP contribution >= 0.6 is 0 Å². The molecule has 0 saturated carbocycles.